The third-order valence-corrected chi connectivity index (χ3v) is 3.50. The second-order valence-corrected chi connectivity index (χ2v) is 5.59. The molecule has 0 saturated heterocycles. The lowest BCUT2D eigenvalue weighted by Gasteiger charge is -2.22. The molecule has 0 aliphatic heterocycles. The zero-order valence-corrected chi connectivity index (χ0v) is 12.2. The smallest absolute Gasteiger partial charge is 0.0672 e. The van der Waals surface area contributed by atoms with Crippen LogP contribution in [0.4, 0.5) is 0 Å². The van der Waals surface area contributed by atoms with Crippen molar-refractivity contribution in [2.75, 3.05) is 13.6 Å². The second kappa shape index (κ2) is 6.56. The van der Waals surface area contributed by atoms with Crippen LogP contribution < -0.4 is 0 Å². The van der Waals surface area contributed by atoms with Crippen molar-refractivity contribution in [3.05, 3.63) is 34.9 Å². The lowest BCUT2D eigenvalue weighted by atomic mass is 9.97. The van der Waals surface area contributed by atoms with Crippen molar-refractivity contribution < 1.29 is 0 Å². The van der Waals surface area contributed by atoms with Gasteiger partial charge in [0.1, 0.15) is 0 Å². The van der Waals surface area contributed by atoms with Gasteiger partial charge in [0.05, 0.1) is 12.0 Å². The first-order chi connectivity index (χ1) is 8.43. The first-order valence-electron chi connectivity index (χ1n) is 6.58. The Bertz CT molecular complexity index is 429. The maximum Gasteiger partial charge on any atom is 0.0672 e. The molecule has 1 rings (SSSR count). The van der Waals surface area contributed by atoms with Crippen molar-refractivity contribution in [1.29, 1.82) is 5.26 Å². The minimum absolute atomic E-state index is 0.113. The van der Waals surface area contributed by atoms with E-state index in [-0.39, 0.29) is 5.92 Å². The fourth-order valence-electron chi connectivity index (χ4n) is 2.01. The summed E-state index contributed by atoms with van der Waals surface area (Å²) < 4.78 is 0. The van der Waals surface area contributed by atoms with Crippen LogP contribution in [0.1, 0.15) is 30.5 Å². The lowest BCUT2D eigenvalue weighted by molar-refractivity contribution is 0.265. The van der Waals surface area contributed by atoms with E-state index >= 15 is 0 Å². The molecule has 2 heteroatoms. The zero-order valence-electron chi connectivity index (χ0n) is 12.2. The summed E-state index contributed by atoms with van der Waals surface area (Å²) in [6, 6.07) is 8.98. The van der Waals surface area contributed by atoms with Gasteiger partial charge in [-0.2, -0.15) is 5.26 Å². The standard InChI is InChI=1S/C16H24N2/c1-12(2)16(9-17)11-18(5)10-15-7-6-13(3)14(4)8-15/h6-8,12,16H,10-11H2,1-5H3. The van der Waals surface area contributed by atoms with Crippen LogP contribution in [0.5, 0.6) is 0 Å². The highest BCUT2D eigenvalue weighted by Crippen LogP contribution is 2.14. The van der Waals surface area contributed by atoms with Gasteiger partial charge in [-0.25, -0.2) is 0 Å². The summed E-state index contributed by atoms with van der Waals surface area (Å²) in [5.74, 6) is 0.527. The molecule has 2 nitrogen and oxygen atoms in total. The zero-order chi connectivity index (χ0) is 13.7. The molecule has 0 radical (unpaired) electrons. The minimum Gasteiger partial charge on any atom is -0.301 e. The molecular formula is C16H24N2. The maximum absolute atomic E-state index is 9.12. The van der Waals surface area contributed by atoms with Crippen molar-refractivity contribution in [1.82, 2.24) is 4.90 Å². The van der Waals surface area contributed by atoms with Crippen LogP contribution in [0.3, 0.4) is 0 Å². The third-order valence-electron chi connectivity index (χ3n) is 3.50. The Morgan fingerprint density at radius 1 is 1.22 bits per heavy atom. The van der Waals surface area contributed by atoms with E-state index in [1.165, 1.54) is 16.7 Å². The minimum atomic E-state index is 0.113. The second-order valence-electron chi connectivity index (χ2n) is 5.59. The topological polar surface area (TPSA) is 27.0 Å². The molecule has 1 atom stereocenters. The predicted molar refractivity (Wildman–Crippen MR) is 76.2 cm³/mol. The summed E-state index contributed by atoms with van der Waals surface area (Å²) in [6.45, 7) is 10.2. The van der Waals surface area contributed by atoms with Crippen molar-refractivity contribution in [3.8, 4) is 6.07 Å². The van der Waals surface area contributed by atoms with Crippen LogP contribution in [0.25, 0.3) is 0 Å². The Morgan fingerprint density at radius 3 is 2.39 bits per heavy atom. The molecule has 0 aliphatic carbocycles. The van der Waals surface area contributed by atoms with Gasteiger partial charge in [0.25, 0.3) is 0 Å². The number of hydrogen-bond acceptors (Lipinski definition) is 2. The van der Waals surface area contributed by atoms with Crippen molar-refractivity contribution >= 4 is 0 Å². The van der Waals surface area contributed by atoms with Crippen LogP contribution in [0, 0.1) is 37.0 Å². The molecule has 1 aromatic carbocycles. The molecule has 0 heterocycles. The SMILES string of the molecule is Cc1ccc(CN(C)CC(C#N)C(C)C)cc1C. The molecule has 18 heavy (non-hydrogen) atoms. The van der Waals surface area contributed by atoms with Crippen molar-refractivity contribution in [2.24, 2.45) is 11.8 Å². The van der Waals surface area contributed by atoms with E-state index in [9.17, 15) is 0 Å². The molecule has 1 aromatic rings. The summed E-state index contributed by atoms with van der Waals surface area (Å²) in [6.07, 6.45) is 0. The van der Waals surface area contributed by atoms with Gasteiger partial charge in [0.15, 0.2) is 0 Å². The summed E-state index contributed by atoms with van der Waals surface area (Å²) in [4.78, 5) is 2.23. The van der Waals surface area contributed by atoms with E-state index in [0.29, 0.717) is 5.92 Å². The summed E-state index contributed by atoms with van der Waals surface area (Å²) in [7, 11) is 2.09. The summed E-state index contributed by atoms with van der Waals surface area (Å²) in [5.41, 5.74) is 3.99. The largest absolute Gasteiger partial charge is 0.301 e. The number of nitrogens with zero attached hydrogens (tertiary/aromatic N) is 2. The number of rotatable bonds is 5. The molecule has 0 aromatic heterocycles. The number of nitriles is 1. The van der Waals surface area contributed by atoms with E-state index in [1.807, 2.05) is 0 Å². The van der Waals surface area contributed by atoms with E-state index in [1.54, 1.807) is 0 Å². The van der Waals surface area contributed by atoms with Crippen LogP contribution in [0.15, 0.2) is 18.2 Å². The Kier molecular flexibility index (Phi) is 5.37. The Hall–Kier alpha value is -1.33. The maximum atomic E-state index is 9.12. The van der Waals surface area contributed by atoms with Crippen molar-refractivity contribution in [2.45, 2.75) is 34.2 Å². The van der Waals surface area contributed by atoms with Crippen LogP contribution in [-0.4, -0.2) is 18.5 Å². The fourth-order valence-corrected chi connectivity index (χ4v) is 2.01. The van der Waals surface area contributed by atoms with Crippen LogP contribution >= 0.6 is 0 Å². The number of hydrogen-bond donors (Lipinski definition) is 0. The van der Waals surface area contributed by atoms with E-state index in [2.05, 4.69) is 63.9 Å². The Balaban J connectivity index is 2.62. The highest BCUT2D eigenvalue weighted by molar-refractivity contribution is 5.29. The van der Waals surface area contributed by atoms with E-state index < -0.39 is 0 Å². The molecule has 0 aliphatic rings. The van der Waals surface area contributed by atoms with E-state index in [0.717, 1.165) is 13.1 Å². The average molecular weight is 244 g/mol. The quantitative estimate of drug-likeness (QED) is 0.792. The Morgan fingerprint density at radius 2 is 1.89 bits per heavy atom. The van der Waals surface area contributed by atoms with Gasteiger partial charge >= 0.3 is 0 Å². The first-order valence-corrected chi connectivity index (χ1v) is 6.58. The highest BCUT2D eigenvalue weighted by atomic mass is 15.1. The Labute approximate surface area is 111 Å². The highest BCUT2D eigenvalue weighted by Gasteiger charge is 2.14. The summed E-state index contributed by atoms with van der Waals surface area (Å²) >= 11 is 0. The predicted octanol–water partition coefficient (Wildman–Crippen LogP) is 3.53. The number of benzene rings is 1. The van der Waals surface area contributed by atoms with E-state index in [4.69, 9.17) is 5.26 Å². The normalized spacial score (nSPS) is 12.8. The molecule has 98 valence electrons. The lowest BCUT2D eigenvalue weighted by Crippen LogP contribution is -2.27. The van der Waals surface area contributed by atoms with Gasteiger partial charge in [-0.3, -0.25) is 0 Å². The molecule has 0 fully saturated rings. The fraction of sp³-hybridized carbons (Fsp3) is 0.562. The average Bonchev–Trinajstić information content (AvgIpc) is 2.30. The molecule has 0 saturated carbocycles. The molecule has 0 amide bonds. The van der Waals surface area contributed by atoms with Crippen LogP contribution in [-0.2, 0) is 6.54 Å². The van der Waals surface area contributed by atoms with Gasteiger partial charge in [-0.05, 0) is 43.5 Å². The molecule has 0 spiro atoms. The van der Waals surface area contributed by atoms with Crippen LogP contribution in [0.2, 0.25) is 0 Å². The summed E-state index contributed by atoms with van der Waals surface area (Å²) in [5, 5.41) is 9.12. The first kappa shape index (κ1) is 14.7. The third kappa shape index (κ3) is 4.16. The van der Waals surface area contributed by atoms with Gasteiger partial charge in [-0.1, -0.05) is 32.0 Å². The van der Waals surface area contributed by atoms with Gasteiger partial charge in [0, 0.05) is 13.1 Å². The van der Waals surface area contributed by atoms with Gasteiger partial charge < -0.3 is 4.90 Å². The van der Waals surface area contributed by atoms with Crippen molar-refractivity contribution in [3.63, 3.8) is 0 Å². The monoisotopic (exact) mass is 244 g/mol. The number of aryl methyl sites for hydroxylation is 2. The van der Waals surface area contributed by atoms with Gasteiger partial charge in [-0.15, -0.1) is 0 Å². The van der Waals surface area contributed by atoms with Gasteiger partial charge in [0.2, 0.25) is 0 Å². The molecule has 0 bridgehead atoms. The molecule has 1 unspecified atom stereocenters. The molecule has 0 N–H and O–H groups in total. The molecular weight excluding hydrogens is 220 g/mol.